The number of rotatable bonds is 5. The van der Waals surface area contributed by atoms with E-state index in [-0.39, 0.29) is 9.79 Å². The van der Waals surface area contributed by atoms with Crippen molar-refractivity contribution in [1.82, 2.24) is 9.97 Å². The summed E-state index contributed by atoms with van der Waals surface area (Å²) in [4.78, 5) is 12.9. The fourth-order valence-electron chi connectivity index (χ4n) is 2.16. The van der Waals surface area contributed by atoms with Gasteiger partial charge in [-0.15, -0.1) is 11.8 Å². The molecule has 0 spiro atoms. The molecule has 0 atom stereocenters. The second kappa shape index (κ2) is 8.28. The molecule has 3 aromatic rings. The summed E-state index contributed by atoms with van der Waals surface area (Å²) < 4.78 is 39.2. The van der Waals surface area contributed by atoms with Crippen LogP contribution in [0.5, 0.6) is 0 Å². The second-order valence-electron chi connectivity index (χ2n) is 5.33. The topological polar surface area (TPSA) is 72.3 Å². The Kier molecular flexibility index (Phi) is 6.03. The molecule has 5 nitrogen and oxygen atoms in total. The van der Waals surface area contributed by atoms with E-state index in [1.807, 2.05) is 6.26 Å². The number of halogens is 2. The molecule has 2 heterocycles. The van der Waals surface area contributed by atoms with E-state index in [9.17, 15) is 12.8 Å². The minimum absolute atomic E-state index is 0.0940. The fraction of sp³-hybridized carbons (Fsp3) is 0.0556. The van der Waals surface area contributed by atoms with E-state index in [2.05, 4.69) is 30.9 Å². The molecule has 0 fully saturated rings. The van der Waals surface area contributed by atoms with Crippen LogP contribution in [-0.2, 0) is 9.84 Å². The van der Waals surface area contributed by atoms with Gasteiger partial charge in [-0.25, -0.2) is 23.4 Å². The Morgan fingerprint density at radius 2 is 1.81 bits per heavy atom. The highest BCUT2D eigenvalue weighted by molar-refractivity contribution is 9.10. The predicted octanol–water partition coefficient (Wildman–Crippen LogP) is 4.68. The lowest BCUT2D eigenvalue weighted by molar-refractivity contribution is 0.583. The maximum atomic E-state index is 12.9. The van der Waals surface area contributed by atoms with Crippen LogP contribution in [0.2, 0.25) is 0 Å². The SMILES string of the molecule is CSc1cc(S(=O)(=O)c2ccc(Br)cc2)cnc1/N=C/c1ccc(F)nc1. The molecule has 1 aromatic carbocycles. The molecule has 0 aliphatic rings. The number of benzene rings is 1. The average molecular weight is 466 g/mol. The summed E-state index contributed by atoms with van der Waals surface area (Å²) in [5, 5.41) is 0. The first kappa shape index (κ1) is 19.7. The molecule has 0 N–H and O–H groups in total. The van der Waals surface area contributed by atoms with Gasteiger partial charge in [0.1, 0.15) is 0 Å². The molecule has 0 aliphatic heterocycles. The van der Waals surface area contributed by atoms with Gasteiger partial charge in [0.15, 0.2) is 5.82 Å². The van der Waals surface area contributed by atoms with Crippen LogP contribution < -0.4 is 0 Å². The zero-order chi connectivity index (χ0) is 19.4. The number of aliphatic imine (C=N–C) groups is 1. The highest BCUT2D eigenvalue weighted by Crippen LogP contribution is 2.30. The highest BCUT2D eigenvalue weighted by Gasteiger charge is 2.19. The molecular weight excluding hydrogens is 453 g/mol. The number of hydrogen-bond donors (Lipinski definition) is 0. The normalized spacial score (nSPS) is 11.8. The molecule has 138 valence electrons. The molecule has 9 heteroatoms. The molecule has 0 amide bonds. The van der Waals surface area contributed by atoms with Gasteiger partial charge in [-0.05, 0) is 48.7 Å². The maximum absolute atomic E-state index is 12.9. The van der Waals surface area contributed by atoms with E-state index in [0.29, 0.717) is 16.3 Å². The summed E-state index contributed by atoms with van der Waals surface area (Å²) in [7, 11) is -3.68. The van der Waals surface area contributed by atoms with Crippen molar-refractivity contribution in [3.8, 4) is 0 Å². The Morgan fingerprint density at radius 3 is 2.44 bits per heavy atom. The minimum Gasteiger partial charge on any atom is -0.235 e. The van der Waals surface area contributed by atoms with E-state index < -0.39 is 15.8 Å². The summed E-state index contributed by atoms with van der Waals surface area (Å²) >= 11 is 4.63. The Morgan fingerprint density at radius 1 is 1.07 bits per heavy atom. The van der Waals surface area contributed by atoms with Gasteiger partial charge >= 0.3 is 0 Å². The Balaban J connectivity index is 1.94. The van der Waals surface area contributed by atoms with Gasteiger partial charge in [0.25, 0.3) is 0 Å². The van der Waals surface area contributed by atoms with E-state index >= 15 is 0 Å². The lowest BCUT2D eigenvalue weighted by Gasteiger charge is -2.08. The molecule has 3 rings (SSSR count). The molecule has 27 heavy (non-hydrogen) atoms. The Bertz CT molecular complexity index is 1090. The number of hydrogen-bond acceptors (Lipinski definition) is 6. The number of sulfone groups is 1. The van der Waals surface area contributed by atoms with E-state index in [1.165, 1.54) is 54.6 Å². The van der Waals surface area contributed by atoms with Crippen molar-refractivity contribution in [3.63, 3.8) is 0 Å². The molecule has 0 saturated carbocycles. The first-order chi connectivity index (χ1) is 12.9. The van der Waals surface area contributed by atoms with Gasteiger partial charge in [0.05, 0.1) is 14.7 Å². The van der Waals surface area contributed by atoms with Crippen molar-refractivity contribution in [3.05, 3.63) is 70.8 Å². The zero-order valence-corrected chi connectivity index (χ0v) is 17.2. The minimum atomic E-state index is -3.68. The second-order valence-corrected chi connectivity index (χ2v) is 9.04. The molecule has 0 bridgehead atoms. The van der Waals surface area contributed by atoms with Crippen LogP contribution >= 0.6 is 27.7 Å². The molecular formula is C18H13BrFN3O2S2. The standard InChI is InChI=1S/C18H13BrFN3O2S2/c1-26-16-8-15(27(24,25)14-5-3-13(19)4-6-14)11-23-18(16)22-10-12-2-7-17(20)21-9-12/h2-11H,1H3/b22-10+. The number of thioether (sulfide) groups is 1. The van der Waals surface area contributed by atoms with Gasteiger partial charge in [-0.3, -0.25) is 0 Å². The fourth-order valence-corrected chi connectivity index (χ4v) is 4.27. The largest absolute Gasteiger partial charge is 0.235 e. The Labute approximate surface area is 168 Å². The third-order valence-corrected chi connectivity index (χ3v) is 6.55. The maximum Gasteiger partial charge on any atom is 0.212 e. The molecule has 0 aliphatic carbocycles. The van der Waals surface area contributed by atoms with Gasteiger partial charge in [-0.2, -0.15) is 4.39 Å². The van der Waals surface area contributed by atoms with Crippen molar-refractivity contribution in [2.45, 2.75) is 14.7 Å². The van der Waals surface area contributed by atoms with Crippen molar-refractivity contribution < 1.29 is 12.8 Å². The summed E-state index contributed by atoms with van der Waals surface area (Å²) in [6.07, 6.45) is 5.94. The van der Waals surface area contributed by atoms with Crippen LogP contribution in [-0.4, -0.2) is 30.9 Å². The van der Waals surface area contributed by atoms with Crippen LogP contribution in [0.1, 0.15) is 5.56 Å². The van der Waals surface area contributed by atoms with Crippen molar-refractivity contribution in [1.29, 1.82) is 0 Å². The third-order valence-electron chi connectivity index (χ3n) is 3.55. The van der Waals surface area contributed by atoms with Crippen molar-refractivity contribution in [2.24, 2.45) is 4.99 Å². The lowest BCUT2D eigenvalue weighted by atomic mass is 10.3. The van der Waals surface area contributed by atoms with Crippen LogP contribution in [0.3, 0.4) is 0 Å². The molecule has 0 saturated heterocycles. The Hall–Kier alpha value is -2.10. The molecule has 0 unspecified atom stereocenters. The third kappa shape index (κ3) is 4.60. The predicted molar refractivity (Wildman–Crippen MR) is 107 cm³/mol. The van der Waals surface area contributed by atoms with Crippen molar-refractivity contribution >= 4 is 49.6 Å². The number of nitrogens with zero attached hydrogens (tertiary/aromatic N) is 3. The smallest absolute Gasteiger partial charge is 0.212 e. The average Bonchev–Trinajstić information content (AvgIpc) is 2.67. The van der Waals surface area contributed by atoms with Gasteiger partial charge in [0.2, 0.25) is 15.8 Å². The quantitative estimate of drug-likeness (QED) is 0.310. The summed E-state index contributed by atoms with van der Waals surface area (Å²) in [6.45, 7) is 0. The van der Waals surface area contributed by atoms with E-state index in [4.69, 9.17) is 0 Å². The van der Waals surface area contributed by atoms with Crippen LogP contribution in [0.25, 0.3) is 0 Å². The van der Waals surface area contributed by atoms with Crippen LogP contribution in [0, 0.1) is 5.95 Å². The summed E-state index contributed by atoms with van der Waals surface area (Å²) in [6, 6.07) is 10.7. The first-order valence-corrected chi connectivity index (χ1v) is 11.1. The number of pyridine rings is 2. The molecule has 2 aromatic heterocycles. The zero-order valence-electron chi connectivity index (χ0n) is 14.0. The number of aromatic nitrogens is 2. The van der Waals surface area contributed by atoms with Crippen molar-refractivity contribution in [2.75, 3.05) is 6.26 Å². The van der Waals surface area contributed by atoms with Gasteiger partial charge in [0, 0.05) is 28.6 Å². The van der Waals surface area contributed by atoms with Gasteiger partial charge < -0.3 is 0 Å². The highest BCUT2D eigenvalue weighted by atomic mass is 79.9. The first-order valence-electron chi connectivity index (χ1n) is 7.60. The summed E-state index contributed by atoms with van der Waals surface area (Å²) in [5.41, 5.74) is 0.608. The van der Waals surface area contributed by atoms with E-state index in [0.717, 1.165) is 4.47 Å². The van der Waals surface area contributed by atoms with Crippen LogP contribution in [0.4, 0.5) is 10.2 Å². The monoisotopic (exact) mass is 465 g/mol. The van der Waals surface area contributed by atoms with E-state index in [1.54, 1.807) is 18.2 Å². The lowest BCUT2D eigenvalue weighted by Crippen LogP contribution is -2.03. The summed E-state index contributed by atoms with van der Waals surface area (Å²) in [5.74, 6) is -0.195. The molecule has 0 radical (unpaired) electrons. The van der Waals surface area contributed by atoms with Gasteiger partial charge in [-0.1, -0.05) is 15.9 Å². The van der Waals surface area contributed by atoms with Crippen LogP contribution in [0.15, 0.2) is 79.0 Å².